The number of thiophene rings is 1. The fourth-order valence-electron chi connectivity index (χ4n) is 6.26. The molecule has 1 aliphatic carbocycles. The molecule has 4 aromatic rings. The smallest absolute Gasteiger partial charge is 0.337 e. The van der Waals surface area contributed by atoms with Crippen molar-refractivity contribution < 1.29 is 37.1 Å². The molecule has 280 valence electrons. The summed E-state index contributed by atoms with van der Waals surface area (Å²) in [7, 11) is -2.60. The van der Waals surface area contributed by atoms with Gasteiger partial charge in [0.05, 0.1) is 29.7 Å². The molecule has 53 heavy (non-hydrogen) atoms. The summed E-state index contributed by atoms with van der Waals surface area (Å²) in [4.78, 5) is 52.0. The van der Waals surface area contributed by atoms with Crippen LogP contribution < -0.4 is 10.6 Å². The van der Waals surface area contributed by atoms with Gasteiger partial charge >= 0.3 is 11.9 Å². The Balaban J connectivity index is 1.26. The van der Waals surface area contributed by atoms with E-state index in [9.17, 15) is 27.6 Å². The van der Waals surface area contributed by atoms with E-state index in [2.05, 4.69) is 10.6 Å². The van der Waals surface area contributed by atoms with Gasteiger partial charge in [-0.1, -0.05) is 37.3 Å². The molecule has 0 radical (unpaired) electrons. The summed E-state index contributed by atoms with van der Waals surface area (Å²) >= 11 is 1.38. The Morgan fingerprint density at radius 1 is 0.830 bits per heavy atom. The van der Waals surface area contributed by atoms with Gasteiger partial charge in [-0.2, -0.15) is 4.31 Å². The minimum Gasteiger partial charge on any atom is -0.466 e. The lowest BCUT2D eigenvalue weighted by Crippen LogP contribution is -2.32. The zero-order chi connectivity index (χ0) is 38.0. The Morgan fingerprint density at radius 2 is 1.51 bits per heavy atom. The van der Waals surface area contributed by atoms with Crippen LogP contribution in [0.2, 0.25) is 0 Å². The molecule has 3 aromatic carbocycles. The Morgan fingerprint density at radius 3 is 2.17 bits per heavy atom. The number of fused-ring (bicyclic) bond motifs is 1. The van der Waals surface area contributed by atoms with E-state index in [0.717, 1.165) is 60.1 Å². The third-order valence-corrected chi connectivity index (χ3v) is 12.3. The second kappa shape index (κ2) is 18.3. The number of sulfonamides is 1. The molecule has 13 heteroatoms. The first-order valence-electron chi connectivity index (χ1n) is 17.8. The lowest BCUT2D eigenvalue weighted by molar-refractivity contribution is -0.143. The van der Waals surface area contributed by atoms with Crippen molar-refractivity contribution in [3.05, 3.63) is 111 Å². The fourth-order valence-corrected chi connectivity index (χ4v) is 9.08. The van der Waals surface area contributed by atoms with Crippen LogP contribution in [0.15, 0.2) is 77.7 Å². The van der Waals surface area contributed by atoms with Crippen LogP contribution in [0.5, 0.6) is 0 Å². The second-order valence-corrected chi connectivity index (χ2v) is 15.7. The fraction of sp³-hybridized carbons (Fsp3) is 0.350. The second-order valence-electron chi connectivity index (χ2n) is 12.6. The highest BCUT2D eigenvalue weighted by Gasteiger charge is 2.28. The third-order valence-electron chi connectivity index (χ3n) is 9.10. The molecule has 2 amide bonds. The Kier molecular flexibility index (Phi) is 13.6. The molecule has 1 aromatic heterocycles. The lowest BCUT2D eigenvalue weighted by atomic mass is 9.95. The zero-order valence-electron chi connectivity index (χ0n) is 30.2. The number of rotatable bonds is 16. The molecule has 2 N–H and O–H groups in total. The minimum absolute atomic E-state index is 0.0357. The van der Waals surface area contributed by atoms with Gasteiger partial charge in [0.1, 0.15) is 5.00 Å². The van der Waals surface area contributed by atoms with Crippen molar-refractivity contribution in [2.75, 3.05) is 37.4 Å². The summed E-state index contributed by atoms with van der Waals surface area (Å²) in [6.45, 7) is 4.02. The molecule has 0 atom stereocenters. The Hall–Kier alpha value is -4.85. The van der Waals surface area contributed by atoms with Crippen molar-refractivity contribution in [1.82, 2.24) is 4.31 Å². The SMILES string of the molecule is CCOC(=O)CCCN(CC)S(=O)(=O)c1cccc(C(=O)Nc2sc3c(c2C(=O)Nc2ccc(CCc4ccc(C(=O)OC)cc4)cc2)CCCC3)c1. The highest BCUT2D eigenvalue weighted by molar-refractivity contribution is 7.89. The van der Waals surface area contributed by atoms with E-state index in [1.807, 2.05) is 36.4 Å². The first-order chi connectivity index (χ1) is 25.5. The summed E-state index contributed by atoms with van der Waals surface area (Å²) in [5.41, 5.74) is 4.80. The van der Waals surface area contributed by atoms with Gasteiger partial charge in [0.15, 0.2) is 0 Å². The summed E-state index contributed by atoms with van der Waals surface area (Å²) in [5.74, 6) is -1.60. The number of carbonyl (C=O) groups excluding carboxylic acids is 4. The van der Waals surface area contributed by atoms with Crippen molar-refractivity contribution in [3.8, 4) is 0 Å². The number of aryl methyl sites for hydroxylation is 3. The van der Waals surface area contributed by atoms with E-state index >= 15 is 0 Å². The maximum absolute atomic E-state index is 13.8. The molecule has 0 fully saturated rings. The van der Waals surface area contributed by atoms with Gasteiger partial charge in [-0.15, -0.1) is 11.3 Å². The van der Waals surface area contributed by atoms with E-state index in [1.54, 1.807) is 26.0 Å². The van der Waals surface area contributed by atoms with Crippen LogP contribution in [-0.4, -0.2) is 63.3 Å². The van der Waals surface area contributed by atoms with Crippen molar-refractivity contribution in [2.24, 2.45) is 0 Å². The highest BCUT2D eigenvalue weighted by atomic mass is 32.2. The molecule has 1 heterocycles. The summed E-state index contributed by atoms with van der Waals surface area (Å²) in [6.07, 6.45) is 5.42. The third kappa shape index (κ3) is 9.98. The molecule has 11 nitrogen and oxygen atoms in total. The number of esters is 2. The predicted molar refractivity (Wildman–Crippen MR) is 205 cm³/mol. The first-order valence-corrected chi connectivity index (χ1v) is 20.1. The van der Waals surface area contributed by atoms with Gasteiger partial charge in [0.25, 0.3) is 11.8 Å². The largest absolute Gasteiger partial charge is 0.466 e. The predicted octanol–water partition coefficient (Wildman–Crippen LogP) is 7.06. The first kappa shape index (κ1) is 39.4. The number of anilines is 2. The van der Waals surface area contributed by atoms with Crippen LogP contribution in [0, 0.1) is 0 Å². The maximum atomic E-state index is 13.8. The van der Waals surface area contributed by atoms with Crippen molar-refractivity contribution in [2.45, 2.75) is 70.1 Å². The normalized spacial score (nSPS) is 12.5. The van der Waals surface area contributed by atoms with E-state index in [1.165, 1.54) is 47.0 Å². The number of methoxy groups -OCH3 is 1. The average molecular weight is 760 g/mol. The molecule has 1 aliphatic rings. The number of nitrogens with one attached hydrogen (secondary N) is 2. The molecule has 0 bridgehead atoms. The Bertz CT molecular complexity index is 2040. The standard InChI is InChI=1S/C40H45N3O8S2/c1-4-43(25-9-14-35(44)51-5-2)53(48,49)32-11-8-10-30(26-32)37(45)42-39-36(33-12-6-7-13-34(33)52-39)38(46)41-31-23-19-28(20-24-31)16-15-27-17-21-29(22-18-27)40(47)50-3/h8,10-11,17-24,26H,4-7,9,12-16,25H2,1-3H3,(H,41,46)(H,42,45). The summed E-state index contributed by atoms with van der Waals surface area (Å²) in [6, 6.07) is 20.8. The lowest BCUT2D eigenvalue weighted by Gasteiger charge is -2.20. The molecule has 0 saturated heterocycles. The van der Waals surface area contributed by atoms with E-state index in [-0.39, 0.29) is 54.4 Å². The van der Waals surface area contributed by atoms with Gasteiger partial charge in [-0.25, -0.2) is 13.2 Å². The van der Waals surface area contributed by atoms with Gasteiger partial charge in [0.2, 0.25) is 10.0 Å². The van der Waals surface area contributed by atoms with Gasteiger partial charge in [-0.05, 0) is 111 Å². The Labute approximate surface area is 314 Å². The van der Waals surface area contributed by atoms with Crippen LogP contribution >= 0.6 is 11.3 Å². The van der Waals surface area contributed by atoms with Crippen LogP contribution in [0.4, 0.5) is 10.7 Å². The summed E-state index contributed by atoms with van der Waals surface area (Å²) in [5, 5.41) is 6.36. The van der Waals surface area contributed by atoms with Crippen LogP contribution in [0.25, 0.3) is 0 Å². The molecule has 0 unspecified atom stereocenters. The topological polar surface area (TPSA) is 148 Å². The number of amides is 2. The number of hydrogen-bond donors (Lipinski definition) is 2. The van der Waals surface area contributed by atoms with Crippen molar-refractivity contribution in [3.63, 3.8) is 0 Å². The van der Waals surface area contributed by atoms with E-state index in [4.69, 9.17) is 9.47 Å². The number of hydrogen-bond acceptors (Lipinski definition) is 9. The molecule has 5 rings (SSSR count). The molecular formula is C40H45N3O8S2. The summed E-state index contributed by atoms with van der Waals surface area (Å²) < 4.78 is 38.0. The average Bonchev–Trinajstić information content (AvgIpc) is 3.54. The van der Waals surface area contributed by atoms with Crippen LogP contribution in [0.3, 0.4) is 0 Å². The van der Waals surface area contributed by atoms with Gasteiger partial charge < -0.3 is 20.1 Å². The molecule has 0 saturated carbocycles. The van der Waals surface area contributed by atoms with E-state index < -0.39 is 15.9 Å². The van der Waals surface area contributed by atoms with Crippen molar-refractivity contribution in [1.29, 1.82) is 0 Å². The maximum Gasteiger partial charge on any atom is 0.337 e. The minimum atomic E-state index is -3.95. The molecule has 0 aliphatic heterocycles. The quantitative estimate of drug-likeness (QED) is 0.116. The van der Waals surface area contributed by atoms with Crippen LogP contribution in [0.1, 0.15) is 92.2 Å². The zero-order valence-corrected chi connectivity index (χ0v) is 31.9. The molecular weight excluding hydrogens is 715 g/mol. The van der Waals surface area contributed by atoms with Gasteiger partial charge in [0, 0.05) is 35.6 Å². The number of ether oxygens (including phenoxy) is 2. The van der Waals surface area contributed by atoms with E-state index in [0.29, 0.717) is 28.2 Å². The van der Waals surface area contributed by atoms with Crippen LogP contribution in [-0.2, 0) is 50.0 Å². The van der Waals surface area contributed by atoms with Gasteiger partial charge in [-0.3, -0.25) is 14.4 Å². The van der Waals surface area contributed by atoms with Crippen molar-refractivity contribution >= 4 is 55.8 Å². The number of benzene rings is 3. The highest BCUT2D eigenvalue weighted by Crippen LogP contribution is 2.39. The number of carbonyl (C=O) groups is 4. The molecule has 0 spiro atoms. The number of nitrogens with zero attached hydrogens (tertiary/aromatic N) is 1. The monoisotopic (exact) mass is 759 g/mol.